The Labute approximate surface area is 112 Å². The molecular weight excluding hydrogens is 242 g/mol. The Bertz CT molecular complexity index is 540. The van der Waals surface area contributed by atoms with Gasteiger partial charge in [0.15, 0.2) is 0 Å². The third-order valence-corrected chi connectivity index (χ3v) is 4.01. The normalized spacial score (nSPS) is 10.3. The molecule has 0 heterocycles. The number of hydrogen-bond donors (Lipinski definition) is 1. The smallest absolute Gasteiger partial charge is 0.124 e. The summed E-state index contributed by atoms with van der Waals surface area (Å²) in [6.45, 7) is 2.13. The van der Waals surface area contributed by atoms with E-state index in [-0.39, 0.29) is 0 Å². The van der Waals surface area contributed by atoms with Crippen LogP contribution in [0.3, 0.4) is 0 Å². The lowest BCUT2D eigenvalue weighted by Gasteiger charge is -2.10. The highest BCUT2D eigenvalue weighted by Gasteiger charge is 2.05. The summed E-state index contributed by atoms with van der Waals surface area (Å²) in [5, 5.41) is 0. The van der Waals surface area contributed by atoms with E-state index in [2.05, 4.69) is 31.2 Å². The Hall–Kier alpha value is -1.61. The van der Waals surface area contributed by atoms with E-state index >= 15 is 0 Å². The van der Waals surface area contributed by atoms with E-state index in [1.807, 2.05) is 30.0 Å². The lowest BCUT2D eigenvalue weighted by atomic mass is 10.2. The number of anilines is 1. The van der Waals surface area contributed by atoms with E-state index in [4.69, 9.17) is 10.5 Å². The zero-order chi connectivity index (χ0) is 13.0. The number of aryl methyl sites for hydroxylation is 1. The molecule has 0 saturated carbocycles. The molecule has 0 aliphatic heterocycles. The number of nitrogen functional groups attached to an aromatic ring is 1. The van der Waals surface area contributed by atoms with Gasteiger partial charge in [-0.1, -0.05) is 24.3 Å². The molecule has 0 bridgehead atoms. The van der Waals surface area contributed by atoms with E-state index in [1.165, 1.54) is 16.0 Å². The average molecular weight is 259 g/mol. The fourth-order valence-electron chi connectivity index (χ4n) is 1.75. The minimum atomic E-state index is 0.733. The topological polar surface area (TPSA) is 35.2 Å². The molecule has 2 N–H and O–H groups in total. The van der Waals surface area contributed by atoms with Crippen molar-refractivity contribution in [1.29, 1.82) is 0 Å². The summed E-state index contributed by atoms with van der Waals surface area (Å²) < 4.78 is 5.35. The van der Waals surface area contributed by atoms with Gasteiger partial charge in [0.1, 0.15) is 5.75 Å². The van der Waals surface area contributed by atoms with Crippen LogP contribution in [0.5, 0.6) is 5.75 Å². The van der Waals surface area contributed by atoms with Crippen molar-refractivity contribution >= 4 is 17.4 Å². The van der Waals surface area contributed by atoms with Crippen molar-refractivity contribution in [1.82, 2.24) is 0 Å². The van der Waals surface area contributed by atoms with Crippen LogP contribution in [0, 0.1) is 6.92 Å². The summed E-state index contributed by atoms with van der Waals surface area (Å²) in [7, 11) is 1.68. The Balaban J connectivity index is 2.13. The first-order valence-electron chi connectivity index (χ1n) is 5.81. The average Bonchev–Trinajstić information content (AvgIpc) is 2.39. The number of hydrogen-bond acceptors (Lipinski definition) is 3. The van der Waals surface area contributed by atoms with Crippen LogP contribution in [0.15, 0.2) is 47.4 Å². The van der Waals surface area contributed by atoms with Gasteiger partial charge >= 0.3 is 0 Å². The largest absolute Gasteiger partial charge is 0.496 e. The molecule has 0 unspecified atom stereocenters. The van der Waals surface area contributed by atoms with Crippen molar-refractivity contribution in [2.24, 2.45) is 0 Å². The van der Waals surface area contributed by atoms with Crippen LogP contribution in [0.1, 0.15) is 11.1 Å². The Morgan fingerprint density at radius 1 is 1.17 bits per heavy atom. The summed E-state index contributed by atoms with van der Waals surface area (Å²) in [4.78, 5) is 1.30. The second-order valence-corrected chi connectivity index (χ2v) is 5.14. The molecule has 0 aliphatic rings. The molecule has 2 aromatic carbocycles. The molecule has 0 spiro atoms. The van der Waals surface area contributed by atoms with Crippen molar-refractivity contribution in [2.45, 2.75) is 17.6 Å². The predicted molar refractivity (Wildman–Crippen MR) is 78.1 cm³/mol. The first kappa shape index (κ1) is 12.8. The van der Waals surface area contributed by atoms with Crippen LogP contribution in [0.4, 0.5) is 5.69 Å². The quantitative estimate of drug-likeness (QED) is 0.668. The third kappa shape index (κ3) is 2.99. The Morgan fingerprint density at radius 2 is 1.94 bits per heavy atom. The third-order valence-electron chi connectivity index (χ3n) is 2.79. The molecule has 94 valence electrons. The molecule has 2 nitrogen and oxygen atoms in total. The van der Waals surface area contributed by atoms with Gasteiger partial charge < -0.3 is 10.5 Å². The Kier molecular flexibility index (Phi) is 4.15. The van der Waals surface area contributed by atoms with Crippen molar-refractivity contribution < 1.29 is 4.74 Å². The lowest BCUT2D eigenvalue weighted by Crippen LogP contribution is -1.93. The minimum Gasteiger partial charge on any atom is -0.496 e. The molecule has 0 aliphatic carbocycles. The molecule has 2 rings (SSSR count). The molecular formula is C15H17NOS. The highest BCUT2D eigenvalue weighted by Crippen LogP contribution is 2.30. The van der Waals surface area contributed by atoms with Gasteiger partial charge in [-0.05, 0) is 24.6 Å². The highest BCUT2D eigenvalue weighted by molar-refractivity contribution is 7.98. The van der Waals surface area contributed by atoms with E-state index in [0.717, 1.165) is 17.2 Å². The summed E-state index contributed by atoms with van der Waals surface area (Å²) in [6, 6.07) is 14.2. The second kappa shape index (κ2) is 5.83. The number of benzene rings is 2. The van der Waals surface area contributed by atoms with Gasteiger partial charge in [0, 0.05) is 28.0 Å². The van der Waals surface area contributed by atoms with Crippen LogP contribution >= 0.6 is 11.8 Å². The van der Waals surface area contributed by atoms with Crippen molar-refractivity contribution in [3.63, 3.8) is 0 Å². The van der Waals surface area contributed by atoms with Gasteiger partial charge in [0.25, 0.3) is 0 Å². The van der Waals surface area contributed by atoms with Crippen LogP contribution in [-0.4, -0.2) is 7.11 Å². The second-order valence-electron chi connectivity index (χ2n) is 4.13. The zero-order valence-corrected chi connectivity index (χ0v) is 11.5. The van der Waals surface area contributed by atoms with Crippen molar-refractivity contribution in [3.05, 3.63) is 53.6 Å². The zero-order valence-electron chi connectivity index (χ0n) is 10.6. The fraction of sp³-hybridized carbons (Fsp3) is 0.200. The van der Waals surface area contributed by atoms with Crippen LogP contribution in [0.25, 0.3) is 0 Å². The van der Waals surface area contributed by atoms with Gasteiger partial charge in [-0.25, -0.2) is 0 Å². The first-order valence-corrected chi connectivity index (χ1v) is 6.80. The standard InChI is InChI=1S/C15H17NOS/c1-11-5-3-4-6-15(11)18-10-12-7-8-13(16)9-14(12)17-2/h3-9H,10,16H2,1-2H3. The van der Waals surface area contributed by atoms with E-state index in [0.29, 0.717) is 0 Å². The molecule has 0 saturated heterocycles. The Morgan fingerprint density at radius 3 is 2.67 bits per heavy atom. The summed E-state index contributed by atoms with van der Waals surface area (Å²) in [5.41, 5.74) is 8.95. The maximum atomic E-state index is 5.75. The fourth-order valence-corrected chi connectivity index (χ4v) is 2.77. The number of ether oxygens (including phenoxy) is 1. The van der Waals surface area contributed by atoms with Crippen LogP contribution in [-0.2, 0) is 5.75 Å². The van der Waals surface area contributed by atoms with E-state index < -0.39 is 0 Å². The molecule has 2 aromatic rings. The summed E-state index contributed by atoms with van der Waals surface area (Å²) in [5.74, 6) is 1.74. The molecule has 0 aromatic heterocycles. The van der Waals surface area contributed by atoms with E-state index in [9.17, 15) is 0 Å². The minimum absolute atomic E-state index is 0.733. The summed E-state index contributed by atoms with van der Waals surface area (Å²) >= 11 is 1.81. The monoisotopic (exact) mass is 259 g/mol. The number of nitrogens with two attached hydrogens (primary N) is 1. The molecule has 3 heteroatoms. The van der Waals surface area contributed by atoms with Crippen molar-refractivity contribution in [2.75, 3.05) is 12.8 Å². The first-order chi connectivity index (χ1) is 8.70. The van der Waals surface area contributed by atoms with Crippen molar-refractivity contribution in [3.8, 4) is 5.75 Å². The maximum Gasteiger partial charge on any atom is 0.124 e. The number of methoxy groups -OCH3 is 1. The van der Waals surface area contributed by atoms with Gasteiger partial charge in [-0.2, -0.15) is 0 Å². The van der Waals surface area contributed by atoms with E-state index in [1.54, 1.807) is 7.11 Å². The van der Waals surface area contributed by atoms with Gasteiger partial charge in [0.05, 0.1) is 7.11 Å². The lowest BCUT2D eigenvalue weighted by molar-refractivity contribution is 0.411. The summed E-state index contributed by atoms with van der Waals surface area (Å²) in [6.07, 6.45) is 0. The van der Waals surface area contributed by atoms with Gasteiger partial charge in [-0.3, -0.25) is 0 Å². The number of rotatable bonds is 4. The number of thioether (sulfide) groups is 1. The molecule has 18 heavy (non-hydrogen) atoms. The highest BCUT2D eigenvalue weighted by atomic mass is 32.2. The van der Waals surface area contributed by atoms with Gasteiger partial charge in [-0.15, -0.1) is 11.8 Å². The van der Waals surface area contributed by atoms with Crippen LogP contribution < -0.4 is 10.5 Å². The predicted octanol–water partition coefficient (Wildman–Crippen LogP) is 3.88. The molecule has 0 fully saturated rings. The molecule has 0 atom stereocenters. The van der Waals surface area contributed by atoms with Gasteiger partial charge in [0.2, 0.25) is 0 Å². The SMILES string of the molecule is COc1cc(N)ccc1CSc1ccccc1C. The maximum absolute atomic E-state index is 5.75. The van der Waals surface area contributed by atoms with Crippen LogP contribution in [0.2, 0.25) is 0 Å². The molecule has 0 radical (unpaired) electrons. The molecule has 0 amide bonds.